The summed E-state index contributed by atoms with van der Waals surface area (Å²) in [6, 6.07) is 5.46. The molecule has 0 saturated heterocycles. The molecule has 0 saturated carbocycles. The van der Waals surface area contributed by atoms with Gasteiger partial charge in [0.1, 0.15) is 17.0 Å². The molecule has 1 atom stereocenters. The van der Waals surface area contributed by atoms with Gasteiger partial charge >= 0.3 is 0 Å². The first-order chi connectivity index (χ1) is 7.94. The first-order valence-electron chi connectivity index (χ1n) is 5.40. The number of aliphatic hydroxyl groups is 1. The van der Waals surface area contributed by atoms with Gasteiger partial charge in [-0.25, -0.2) is 4.39 Å². The maximum absolute atomic E-state index is 13.0. The van der Waals surface area contributed by atoms with Crippen LogP contribution in [-0.2, 0) is 0 Å². The van der Waals surface area contributed by atoms with E-state index in [1.54, 1.807) is 6.92 Å². The number of benzene rings is 1. The fraction of sp³-hybridized carbons (Fsp3) is 0.308. The summed E-state index contributed by atoms with van der Waals surface area (Å²) in [5.41, 5.74) is -1.02. The molecule has 1 aromatic carbocycles. The van der Waals surface area contributed by atoms with Crippen molar-refractivity contribution in [2.24, 2.45) is 0 Å². The van der Waals surface area contributed by atoms with Gasteiger partial charge < -0.3 is 9.52 Å². The molecule has 0 spiro atoms. The zero-order valence-corrected chi connectivity index (χ0v) is 9.66. The van der Waals surface area contributed by atoms with Crippen LogP contribution < -0.4 is 0 Å². The number of fused-ring (bicyclic) bond motifs is 1. The molecule has 1 aromatic heterocycles. The largest absolute Gasteiger partial charge is 0.453 e. The summed E-state index contributed by atoms with van der Waals surface area (Å²) in [5, 5.41) is 10.4. The van der Waals surface area contributed by atoms with Gasteiger partial charge in [-0.3, -0.25) is 4.79 Å². The van der Waals surface area contributed by atoms with Crippen molar-refractivity contribution in [2.45, 2.75) is 25.9 Å². The van der Waals surface area contributed by atoms with Gasteiger partial charge in [-0.05, 0) is 37.6 Å². The molecule has 0 fully saturated rings. The van der Waals surface area contributed by atoms with E-state index in [-0.39, 0.29) is 18.0 Å². The Labute approximate surface area is 97.9 Å². The summed E-state index contributed by atoms with van der Waals surface area (Å²) in [6.45, 7) is 3.14. The smallest absolute Gasteiger partial charge is 0.229 e. The second-order valence-electron chi connectivity index (χ2n) is 4.25. The molecule has 0 aliphatic rings. The van der Waals surface area contributed by atoms with E-state index in [1.807, 2.05) is 0 Å². The van der Waals surface area contributed by atoms with E-state index in [9.17, 15) is 14.3 Å². The zero-order valence-electron chi connectivity index (χ0n) is 9.66. The van der Waals surface area contributed by atoms with Crippen molar-refractivity contribution in [2.75, 3.05) is 0 Å². The van der Waals surface area contributed by atoms with Crippen molar-refractivity contribution < 1.29 is 18.7 Å². The van der Waals surface area contributed by atoms with E-state index in [0.29, 0.717) is 11.0 Å². The molecule has 1 unspecified atom stereocenters. The van der Waals surface area contributed by atoms with Crippen LogP contribution in [0.25, 0.3) is 11.0 Å². The summed E-state index contributed by atoms with van der Waals surface area (Å²) in [4.78, 5) is 11.9. The fourth-order valence-electron chi connectivity index (χ4n) is 1.55. The van der Waals surface area contributed by atoms with Gasteiger partial charge in [0.2, 0.25) is 5.78 Å². The van der Waals surface area contributed by atoms with Gasteiger partial charge in [0.15, 0.2) is 5.76 Å². The number of rotatable bonds is 3. The maximum Gasteiger partial charge on any atom is 0.229 e. The molecular weight excluding hydrogens is 223 g/mol. The van der Waals surface area contributed by atoms with Gasteiger partial charge in [-0.1, -0.05) is 6.92 Å². The molecule has 0 radical (unpaired) electrons. The average molecular weight is 236 g/mol. The zero-order chi connectivity index (χ0) is 12.6. The lowest BCUT2D eigenvalue weighted by Gasteiger charge is -2.17. The summed E-state index contributed by atoms with van der Waals surface area (Å²) in [6.07, 6.45) is 0.289. The normalized spacial score (nSPS) is 14.8. The monoisotopic (exact) mass is 236 g/mol. The summed E-state index contributed by atoms with van der Waals surface area (Å²) in [7, 11) is 0. The molecular formula is C13H13FO3. The highest BCUT2D eigenvalue weighted by atomic mass is 19.1. The molecule has 90 valence electrons. The number of carbonyl (C=O) groups excluding carboxylic acids is 1. The molecule has 1 N–H and O–H groups in total. The SMILES string of the molecule is CCC(C)(O)C(=O)c1cc2cc(F)ccc2o1. The lowest BCUT2D eigenvalue weighted by molar-refractivity contribution is 0.0365. The fourth-order valence-corrected chi connectivity index (χ4v) is 1.55. The van der Waals surface area contributed by atoms with Gasteiger partial charge in [0.25, 0.3) is 0 Å². The molecule has 0 amide bonds. The van der Waals surface area contributed by atoms with Gasteiger partial charge in [-0.15, -0.1) is 0 Å². The van der Waals surface area contributed by atoms with Crippen LogP contribution in [0.5, 0.6) is 0 Å². The van der Waals surface area contributed by atoms with Crippen LogP contribution in [0.15, 0.2) is 28.7 Å². The number of furan rings is 1. The van der Waals surface area contributed by atoms with Crippen molar-refractivity contribution in [3.8, 4) is 0 Å². The predicted molar refractivity (Wildman–Crippen MR) is 61.4 cm³/mol. The number of carbonyl (C=O) groups is 1. The van der Waals surface area contributed by atoms with Crippen molar-refractivity contribution in [1.29, 1.82) is 0 Å². The Morgan fingerprint density at radius 3 is 2.82 bits per heavy atom. The molecule has 0 aliphatic carbocycles. The first-order valence-corrected chi connectivity index (χ1v) is 5.40. The van der Waals surface area contributed by atoms with E-state index < -0.39 is 11.4 Å². The van der Waals surface area contributed by atoms with Crippen molar-refractivity contribution in [3.05, 3.63) is 35.8 Å². The molecule has 0 bridgehead atoms. The Kier molecular flexibility index (Phi) is 2.75. The van der Waals surface area contributed by atoms with Crippen molar-refractivity contribution in [3.63, 3.8) is 0 Å². The quantitative estimate of drug-likeness (QED) is 0.833. The Morgan fingerprint density at radius 2 is 2.18 bits per heavy atom. The number of Topliss-reactive ketones (excluding diaryl/α,β-unsaturated/α-hetero) is 1. The highest BCUT2D eigenvalue weighted by Crippen LogP contribution is 2.24. The lowest BCUT2D eigenvalue weighted by Crippen LogP contribution is -2.33. The van der Waals surface area contributed by atoms with Crippen molar-refractivity contribution >= 4 is 16.8 Å². The van der Waals surface area contributed by atoms with E-state index in [1.165, 1.54) is 31.2 Å². The number of halogens is 1. The van der Waals surface area contributed by atoms with Crippen LogP contribution in [0.4, 0.5) is 4.39 Å². The third-order valence-corrected chi connectivity index (χ3v) is 2.88. The Balaban J connectivity index is 2.47. The highest BCUT2D eigenvalue weighted by Gasteiger charge is 2.31. The van der Waals surface area contributed by atoms with Crippen LogP contribution >= 0.6 is 0 Å². The molecule has 3 nitrogen and oxygen atoms in total. The van der Waals surface area contributed by atoms with Gasteiger partial charge in [0.05, 0.1) is 0 Å². The van der Waals surface area contributed by atoms with Crippen LogP contribution in [0.1, 0.15) is 30.8 Å². The van der Waals surface area contributed by atoms with Crippen LogP contribution in [0.2, 0.25) is 0 Å². The number of hydrogen-bond donors (Lipinski definition) is 1. The summed E-state index contributed by atoms with van der Waals surface area (Å²) >= 11 is 0. The molecule has 4 heteroatoms. The number of hydrogen-bond acceptors (Lipinski definition) is 3. The van der Waals surface area contributed by atoms with Gasteiger partial charge in [0, 0.05) is 5.39 Å². The molecule has 0 aliphatic heterocycles. The Bertz CT molecular complexity index is 569. The minimum absolute atomic E-state index is 0.0532. The molecule has 1 heterocycles. The summed E-state index contributed by atoms with van der Waals surface area (Å²) < 4.78 is 18.3. The van der Waals surface area contributed by atoms with E-state index in [2.05, 4.69) is 0 Å². The van der Waals surface area contributed by atoms with Crippen LogP contribution in [0, 0.1) is 5.82 Å². The standard InChI is InChI=1S/C13H13FO3/c1-3-13(2,16)12(15)11-7-8-6-9(14)4-5-10(8)17-11/h4-7,16H,3H2,1-2H3. The predicted octanol–water partition coefficient (Wildman–Crippen LogP) is 2.92. The van der Waals surface area contributed by atoms with E-state index >= 15 is 0 Å². The second-order valence-corrected chi connectivity index (χ2v) is 4.25. The topological polar surface area (TPSA) is 50.4 Å². The minimum Gasteiger partial charge on any atom is -0.453 e. The van der Waals surface area contributed by atoms with Crippen molar-refractivity contribution in [1.82, 2.24) is 0 Å². The third-order valence-electron chi connectivity index (χ3n) is 2.88. The van der Waals surface area contributed by atoms with Crippen LogP contribution in [-0.4, -0.2) is 16.5 Å². The minimum atomic E-state index is -1.45. The summed E-state index contributed by atoms with van der Waals surface area (Å²) in [5.74, 6) is -0.825. The third kappa shape index (κ3) is 2.08. The second kappa shape index (κ2) is 3.96. The maximum atomic E-state index is 13.0. The molecule has 2 rings (SSSR count). The first kappa shape index (κ1) is 11.8. The number of ketones is 1. The van der Waals surface area contributed by atoms with Gasteiger partial charge in [-0.2, -0.15) is 0 Å². The van der Waals surface area contributed by atoms with E-state index in [0.717, 1.165) is 0 Å². The Morgan fingerprint density at radius 1 is 1.47 bits per heavy atom. The lowest BCUT2D eigenvalue weighted by atomic mass is 9.96. The highest BCUT2D eigenvalue weighted by molar-refractivity contribution is 6.02. The Hall–Kier alpha value is -1.68. The van der Waals surface area contributed by atoms with E-state index in [4.69, 9.17) is 4.42 Å². The molecule has 2 aromatic rings. The average Bonchev–Trinajstić information content (AvgIpc) is 2.70. The van der Waals surface area contributed by atoms with Crippen LogP contribution in [0.3, 0.4) is 0 Å². The molecule has 17 heavy (non-hydrogen) atoms.